The van der Waals surface area contributed by atoms with Crippen LogP contribution in [0, 0.1) is 11.8 Å². The molecule has 7 heteroatoms. The number of carbonyl (C=O) groups is 1. The SMILES string of the molecule is CCCCCCCCCCN(CCCn1ccnc1)C(CCCCCCCCC(=O)OCC(CCCC)CCCCCC)CCCCCCCCC(O)OCC(CCCC)CCCCCC. The lowest BCUT2D eigenvalue weighted by atomic mass is 9.96. The van der Waals surface area contributed by atoms with Gasteiger partial charge in [0.05, 0.1) is 19.5 Å². The number of hydrogen-bond acceptors (Lipinski definition) is 6. The molecule has 0 fully saturated rings. The Morgan fingerprint density at radius 3 is 1.45 bits per heavy atom. The fourth-order valence-electron chi connectivity index (χ4n) is 10.0. The van der Waals surface area contributed by atoms with Crippen molar-refractivity contribution < 1.29 is 19.4 Å². The number of esters is 1. The average molecular weight is 931 g/mol. The number of carbonyl (C=O) groups excluding carboxylic acids is 1. The van der Waals surface area contributed by atoms with E-state index in [2.05, 4.69) is 55.3 Å². The Hall–Kier alpha value is -1.44. The smallest absolute Gasteiger partial charge is 0.305 e. The predicted octanol–water partition coefficient (Wildman–Crippen LogP) is 17.8. The van der Waals surface area contributed by atoms with Gasteiger partial charge in [-0.25, -0.2) is 4.98 Å². The van der Waals surface area contributed by atoms with E-state index in [1.165, 1.54) is 244 Å². The summed E-state index contributed by atoms with van der Waals surface area (Å²) in [5, 5.41) is 10.6. The number of rotatable bonds is 53. The molecule has 0 spiro atoms. The molecule has 1 rings (SSSR count). The fourth-order valence-corrected chi connectivity index (χ4v) is 10.0. The second-order valence-corrected chi connectivity index (χ2v) is 20.9. The Morgan fingerprint density at radius 1 is 0.500 bits per heavy atom. The molecule has 1 heterocycles. The van der Waals surface area contributed by atoms with E-state index in [1.807, 2.05) is 12.5 Å². The van der Waals surface area contributed by atoms with Gasteiger partial charge in [-0.15, -0.1) is 0 Å². The molecule has 0 bridgehead atoms. The number of ether oxygens (including phenoxy) is 2. The highest BCUT2D eigenvalue weighted by Crippen LogP contribution is 2.23. The highest BCUT2D eigenvalue weighted by molar-refractivity contribution is 5.69. The monoisotopic (exact) mass is 930 g/mol. The first-order valence-electron chi connectivity index (χ1n) is 29.6. The van der Waals surface area contributed by atoms with Crippen LogP contribution < -0.4 is 0 Å². The second-order valence-electron chi connectivity index (χ2n) is 20.9. The van der Waals surface area contributed by atoms with Gasteiger partial charge in [0.2, 0.25) is 0 Å². The van der Waals surface area contributed by atoms with Gasteiger partial charge in [0.1, 0.15) is 0 Å². The van der Waals surface area contributed by atoms with Crippen LogP contribution >= 0.6 is 0 Å². The van der Waals surface area contributed by atoms with Crippen LogP contribution in [0.5, 0.6) is 0 Å². The summed E-state index contributed by atoms with van der Waals surface area (Å²) in [5.74, 6) is 1.17. The van der Waals surface area contributed by atoms with Crippen LogP contribution in [0.4, 0.5) is 0 Å². The average Bonchev–Trinajstić information content (AvgIpc) is 3.85. The van der Waals surface area contributed by atoms with E-state index >= 15 is 0 Å². The summed E-state index contributed by atoms with van der Waals surface area (Å²) in [6, 6.07) is 0.667. The largest absolute Gasteiger partial charge is 0.465 e. The van der Waals surface area contributed by atoms with Gasteiger partial charge in [0.15, 0.2) is 6.29 Å². The minimum absolute atomic E-state index is 0.0239. The Balaban J connectivity index is 2.59. The number of aliphatic hydroxyl groups is 1. The van der Waals surface area contributed by atoms with Crippen molar-refractivity contribution in [1.29, 1.82) is 0 Å². The lowest BCUT2D eigenvalue weighted by Gasteiger charge is -2.32. The third kappa shape index (κ3) is 39.4. The number of imidazole rings is 1. The Morgan fingerprint density at radius 2 is 0.924 bits per heavy atom. The first kappa shape index (κ1) is 62.6. The van der Waals surface area contributed by atoms with Crippen molar-refractivity contribution in [2.24, 2.45) is 11.8 Å². The molecule has 66 heavy (non-hydrogen) atoms. The van der Waals surface area contributed by atoms with Gasteiger partial charge in [-0.3, -0.25) is 4.79 Å². The van der Waals surface area contributed by atoms with Crippen LogP contribution in [0.2, 0.25) is 0 Å². The molecule has 0 saturated heterocycles. The van der Waals surface area contributed by atoms with Crippen molar-refractivity contribution in [3.05, 3.63) is 18.7 Å². The molecule has 0 radical (unpaired) electrons. The standard InChI is InChI=1S/C59H115N3O4/c1-6-11-16-19-20-25-30-37-49-62(50-38-48-61-51-47-60-54-61)57(43-33-26-21-23-28-35-45-58(63)65-52-55(39-14-9-4)41-31-17-12-7-2)44-34-27-22-24-29-36-46-59(64)66-53-56(40-15-10-5)42-32-18-13-8-3/h47,51,54-58,63H,6-46,48-50,52-53H2,1-5H3. The summed E-state index contributed by atoms with van der Waals surface area (Å²) in [7, 11) is 0. The van der Waals surface area contributed by atoms with Gasteiger partial charge < -0.3 is 24.0 Å². The molecular weight excluding hydrogens is 815 g/mol. The summed E-state index contributed by atoms with van der Waals surface area (Å²) in [6.07, 6.45) is 56.4. The number of unbranched alkanes of at least 4 members (excludes halogenated alkanes) is 25. The van der Waals surface area contributed by atoms with E-state index in [0.29, 0.717) is 30.9 Å². The van der Waals surface area contributed by atoms with Crippen LogP contribution in [0.1, 0.15) is 298 Å². The quantitative estimate of drug-likeness (QED) is 0.0398. The molecule has 0 aliphatic carbocycles. The van der Waals surface area contributed by atoms with Gasteiger partial charge >= 0.3 is 5.97 Å². The van der Waals surface area contributed by atoms with E-state index in [-0.39, 0.29) is 5.97 Å². The van der Waals surface area contributed by atoms with Crippen LogP contribution in [-0.4, -0.2) is 64.2 Å². The zero-order valence-corrected chi connectivity index (χ0v) is 45.1. The van der Waals surface area contributed by atoms with Crippen molar-refractivity contribution in [2.75, 3.05) is 26.3 Å². The van der Waals surface area contributed by atoms with E-state index in [9.17, 15) is 9.90 Å². The molecule has 1 aromatic rings. The van der Waals surface area contributed by atoms with E-state index < -0.39 is 6.29 Å². The molecule has 7 nitrogen and oxygen atoms in total. The Kier molecular flexibility index (Phi) is 46.1. The maximum absolute atomic E-state index is 12.6. The number of aromatic nitrogens is 2. The van der Waals surface area contributed by atoms with Crippen molar-refractivity contribution >= 4 is 5.97 Å². The van der Waals surface area contributed by atoms with Crippen LogP contribution in [0.3, 0.4) is 0 Å². The van der Waals surface area contributed by atoms with Crippen molar-refractivity contribution in [1.82, 2.24) is 14.5 Å². The molecule has 0 aliphatic rings. The topological polar surface area (TPSA) is 76.8 Å². The summed E-state index contributed by atoms with van der Waals surface area (Å²) in [4.78, 5) is 19.8. The van der Waals surface area contributed by atoms with Crippen molar-refractivity contribution in [3.8, 4) is 0 Å². The first-order valence-corrected chi connectivity index (χ1v) is 29.6. The van der Waals surface area contributed by atoms with E-state index in [0.717, 1.165) is 38.8 Å². The number of aryl methyl sites for hydroxylation is 1. The number of hydrogen-bond donors (Lipinski definition) is 1. The molecule has 0 saturated carbocycles. The molecule has 4 atom stereocenters. The highest BCUT2D eigenvalue weighted by atomic mass is 16.6. The number of nitrogens with zero attached hydrogens (tertiary/aromatic N) is 3. The highest BCUT2D eigenvalue weighted by Gasteiger charge is 2.19. The molecule has 1 aromatic heterocycles. The second kappa shape index (κ2) is 48.6. The first-order chi connectivity index (χ1) is 32.5. The van der Waals surface area contributed by atoms with Gasteiger partial charge in [0, 0.05) is 37.9 Å². The van der Waals surface area contributed by atoms with E-state index in [1.54, 1.807) is 0 Å². The zero-order chi connectivity index (χ0) is 47.8. The molecule has 1 N–H and O–H groups in total. The predicted molar refractivity (Wildman–Crippen MR) is 285 cm³/mol. The van der Waals surface area contributed by atoms with Gasteiger partial charge in [-0.05, 0) is 89.0 Å². The van der Waals surface area contributed by atoms with E-state index in [4.69, 9.17) is 9.47 Å². The Labute approximate surface area is 411 Å². The van der Waals surface area contributed by atoms with Gasteiger partial charge in [-0.2, -0.15) is 0 Å². The fraction of sp³-hybridized carbons (Fsp3) is 0.932. The third-order valence-electron chi connectivity index (χ3n) is 14.5. The Bertz CT molecular complexity index is 1100. The molecule has 0 aliphatic heterocycles. The normalized spacial score (nSPS) is 13.7. The summed E-state index contributed by atoms with van der Waals surface area (Å²) >= 11 is 0. The van der Waals surface area contributed by atoms with Crippen molar-refractivity contribution in [3.63, 3.8) is 0 Å². The minimum Gasteiger partial charge on any atom is -0.465 e. The van der Waals surface area contributed by atoms with Gasteiger partial charge in [0.25, 0.3) is 0 Å². The van der Waals surface area contributed by atoms with Crippen LogP contribution in [-0.2, 0) is 20.8 Å². The van der Waals surface area contributed by atoms with Gasteiger partial charge in [-0.1, -0.05) is 221 Å². The molecule has 0 aromatic carbocycles. The third-order valence-corrected chi connectivity index (χ3v) is 14.5. The summed E-state index contributed by atoms with van der Waals surface area (Å²) < 4.78 is 14.1. The molecular formula is C59H115N3O4. The number of aliphatic hydroxyl groups excluding tert-OH is 1. The lowest BCUT2D eigenvalue weighted by molar-refractivity contribution is -0.145. The van der Waals surface area contributed by atoms with Crippen LogP contribution in [0.15, 0.2) is 18.7 Å². The lowest BCUT2D eigenvalue weighted by Crippen LogP contribution is -2.37. The summed E-state index contributed by atoms with van der Waals surface area (Å²) in [6.45, 7) is 16.2. The molecule has 0 amide bonds. The summed E-state index contributed by atoms with van der Waals surface area (Å²) in [5.41, 5.74) is 0. The maximum Gasteiger partial charge on any atom is 0.305 e. The zero-order valence-electron chi connectivity index (χ0n) is 45.1. The van der Waals surface area contributed by atoms with Crippen LogP contribution in [0.25, 0.3) is 0 Å². The maximum atomic E-state index is 12.6. The minimum atomic E-state index is -0.599. The van der Waals surface area contributed by atoms with Crippen molar-refractivity contribution in [2.45, 2.75) is 317 Å². The molecule has 390 valence electrons. The molecule has 4 unspecified atom stereocenters.